The summed E-state index contributed by atoms with van der Waals surface area (Å²) in [7, 11) is 0. The molecule has 1 atom stereocenters. The number of nitrogens with one attached hydrogen (secondary N) is 1. The van der Waals surface area contributed by atoms with E-state index in [-0.39, 0.29) is 23.3 Å². The number of aromatic nitrogens is 4. The second-order valence-corrected chi connectivity index (χ2v) is 9.00. The van der Waals surface area contributed by atoms with Gasteiger partial charge in [-0.1, -0.05) is 12.8 Å². The number of fused-ring (bicyclic) bond motifs is 1. The SMILES string of the molecule is CC#Cc1ccc2c(=O)[nH]nc(C(C)CCCC(=O)N3CCN(c4ncc(C(F)(F)F)cn4)CC3)c2c1. The minimum atomic E-state index is -4.48. The Hall–Kier alpha value is -3.94. The van der Waals surface area contributed by atoms with E-state index in [1.165, 1.54) is 0 Å². The zero-order valence-electron chi connectivity index (χ0n) is 20.6. The maximum atomic E-state index is 12.8. The normalized spacial score (nSPS) is 14.8. The summed E-state index contributed by atoms with van der Waals surface area (Å²) < 4.78 is 38.2. The van der Waals surface area contributed by atoms with Crippen LogP contribution >= 0.6 is 0 Å². The van der Waals surface area contributed by atoms with Crippen molar-refractivity contribution >= 4 is 22.6 Å². The van der Waals surface area contributed by atoms with Crippen LogP contribution < -0.4 is 10.5 Å². The number of benzene rings is 1. The third-order valence-corrected chi connectivity index (χ3v) is 6.46. The molecule has 1 amide bonds. The van der Waals surface area contributed by atoms with E-state index in [0.717, 1.165) is 29.0 Å². The van der Waals surface area contributed by atoms with Crippen LogP contribution in [0.15, 0.2) is 35.4 Å². The molecule has 0 bridgehead atoms. The number of amides is 1. The first-order valence-electron chi connectivity index (χ1n) is 12.0. The molecule has 1 fully saturated rings. The number of alkyl halides is 3. The molecule has 3 aromatic rings. The lowest BCUT2D eigenvalue weighted by Crippen LogP contribution is -2.49. The van der Waals surface area contributed by atoms with E-state index >= 15 is 0 Å². The monoisotopic (exact) mass is 512 g/mol. The second-order valence-electron chi connectivity index (χ2n) is 9.00. The number of aromatic amines is 1. The van der Waals surface area contributed by atoms with Gasteiger partial charge in [0.25, 0.3) is 5.56 Å². The Morgan fingerprint density at radius 3 is 2.49 bits per heavy atom. The van der Waals surface area contributed by atoms with Crippen LogP contribution in [-0.2, 0) is 11.0 Å². The Morgan fingerprint density at radius 2 is 1.84 bits per heavy atom. The maximum Gasteiger partial charge on any atom is 0.419 e. The molecule has 1 saturated heterocycles. The fourth-order valence-electron chi connectivity index (χ4n) is 4.42. The van der Waals surface area contributed by atoms with E-state index < -0.39 is 11.7 Å². The van der Waals surface area contributed by atoms with E-state index in [2.05, 4.69) is 32.0 Å². The lowest BCUT2D eigenvalue weighted by atomic mass is 9.95. The Bertz CT molecular complexity index is 1380. The fourth-order valence-corrected chi connectivity index (χ4v) is 4.42. The van der Waals surface area contributed by atoms with Crippen LogP contribution in [0.3, 0.4) is 0 Å². The molecule has 1 unspecified atom stereocenters. The fraction of sp³-hybridized carbons (Fsp3) is 0.423. The molecule has 8 nitrogen and oxygen atoms in total. The number of carbonyl (C=O) groups excluding carboxylic acids is 1. The summed E-state index contributed by atoms with van der Waals surface area (Å²) in [5, 5.41) is 8.18. The first-order chi connectivity index (χ1) is 17.7. The van der Waals surface area contributed by atoms with Gasteiger partial charge in [-0.2, -0.15) is 18.3 Å². The molecule has 1 N–H and O–H groups in total. The van der Waals surface area contributed by atoms with E-state index in [1.807, 2.05) is 19.1 Å². The van der Waals surface area contributed by atoms with E-state index in [0.29, 0.717) is 50.8 Å². The summed E-state index contributed by atoms with van der Waals surface area (Å²) in [6.07, 6.45) is -1.19. The zero-order valence-corrected chi connectivity index (χ0v) is 20.6. The molecular weight excluding hydrogens is 485 g/mol. The quantitative estimate of drug-likeness (QED) is 0.506. The van der Waals surface area contributed by atoms with Gasteiger partial charge in [-0.05, 0) is 38.0 Å². The number of nitrogens with zero attached hydrogens (tertiary/aromatic N) is 5. The summed E-state index contributed by atoms with van der Waals surface area (Å²) in [5.41, 5.74) is 0.441. The number of carbonyl (C=O) groups is 1. The summed E-state index contributed by atoms with van der Waals surface area (Å²) in [6.45, 7) is 5.57. The van der Waals surface area contributed by atoms with Crippen LogP contribution in [0.25, 0.3) is 10.8 Å². The number of H-pyrrole nitrogens is 1. The summed E-state index contributed by atoms with van der Waals surface area (Å²) in [4.78, 5) is 36.2. The Labute approximate surface area is 211 Å². The van der Waals surface area contributed by atoms with Gasteiger partial charge in [0.1, 0.15) is 0 Å². The maximum absolute atomic E-state index is 12.8. The molecule has 1 aliphatic rings. The summed E-state index contributed by atoms with van der Waals surface area (Å²) in [5.74, 6) is 6.14. The Morgan fingerprint density at radius 1 is 1.14 bits per heavy atom. The van der Waals surface area contributed by atoms with Crippen molar-refractivity contribution in [3.8, 4) is 11.8 Å². The van der Waals surface area contributed by atoms with Crippen molar-refractivity contribution in [1.82, 2.24) is 25.1 Å². The van der Waals surface area contributed by atoms with Crippen molar-refractivity contribution in [2.45, 2.75) is 45.2 Å². The summed E-state index contributed by atoms with van der Waals surface area (Å²) in [6, 6.07) is 5.44. The minimum Gasteiger partial charge on any atom is -0.339 e. The van der Waals surface area contributed by atoms with Crippen LogP contribution in [0.2, 0.25) is 0 Å². The van der Waals surface area contributed by atoms with Crippen molar-refractivity contribution in [1.29, 1.82) is 0 Å². The number of anilines is 1. The van der Waals surface area contributed by atoms with Gasteiger partial charge in [-0.3, -0.25) is 9.59 Å². The van der Waals surface area contributed by atoms with E-state index in [1.54, 1.807) is 22.8 Å². The molecule has 2 aromatic heterocycles. The predicted molar refractivity (Wildman–Crippen MR) is 133 cm³/mol. The van der Waals surface area contributed by atoms with Gasteiger partial charge in [0, 0.05) is 61.9 Å². The molecular formula is C26H27F3N6O2. The van der Waals surface area contributed by atoms with Crippen molar-refractivity contribution in [2.24, 2.45) is 0 Å². The van der Waals surface area contributed by atoms with Crippen molar-refractivity contribution in [2.75, 3.05) is 31.1 Å². The van der Waals surface area contributed by atoms with Gasteiger partial charge in [0.05, 0.1) is 16.6 Å². The van der Waals surface area contributed by atoms with Crippen LogP contribution in [0.5, 0.6) is 0 Å². The van der Waals surface area contributed by atoms with Gasteiger partial charge in [-0.15, -0.1) is 5.92 Å². The molecule has 4 rings (SSSR count). The van der Waals surface area contributed by atoms with Crippen molar-refractivity contribution in [3.05, 3.63) is 57.8 Å². The van der Waals surface area contributed by atoms with Crippen LogP contribution in [0.1, 0.15) is 55.8 Å². The molecule has 11 heteroatoms. The largest absolute Gasteiger partial charge is 0.419 e. The van der Waals surface area contributed by atoms with Crippen LogP contribution in [0, 0.1) is 11.8 Å². The van der Waals surface area contributed by atoms with E-state index in [9.17, 15) is 22.8 Å². The Kier molecular flexibility index (Phi) is 7.76. The molecule has 1 aromatic carbocycles. The predicted octanol–water partition coefficient (Wildman–Crippen LogP) is 3.73. The Balaban J connectivity index is 1.30. The average Bonchev–Trinajstić information content (AvgIpc) is 2.88. The van der Waals surface area contributed by atoms with Gasteiger partial charge < -0.3 is 9.80 Å². The zero-order chi connectivity index (χ0) is 26.6. The first kappa shape index (κ1) is 26.1. The topological polar surface area (TPSA) is 95.1 Å². The highest BCUT2D eigenvalue weighted by Gasteiger charge is 2.32. The average molecular weight is 513 g/mol. The number of piperazine rings is 1. The molecule has 0 radical (unpaired) electrons. The molecule has 1 aliphatic heterocycles. The highest BCUT2D eigenvalue weighted by atomic mass is 19.4. The second kappa shape index (κ2) is 11.0. The first-order valence-corrected chi connectivity index (χ1v) is 12.0. The number of halogens is 3. The molecule has 0 saturated carbocycles. The van der Waals surface area contributed by atoms with Gasteiger partial charge >= 0.3 is 6.18 Å². The number of hydrogen-bond acceptors (Lipinski definition) is 6. The molecule has 0 aliphatic carbocycles. The minimum absolute atomic E-state index is 0.0191. The smallest absolute Gasteiger partial charge is 0.339 e. The third kappa shape index (κ3) is 6.07. The van der Waals surface area contributed by atoms with Crippen LogP contribution in [0.4, 0.5) is 19.1 Å². The van der Waals surface area contributed by atoms with E-state index in [4.69, 9.17) is 0 Å². The highest BCUT2D eigenvalue weighted by molar-refractivity contribution is 5.85. The van der Waals surface area contributed by atoms with Crippen molar-refractivity contribution < 1.29 is 18.0 Å². The number of hydrogen-bond donors (Lipinski definition) is 1. The van der Waals surface area contributed by atoms with Gasteiger partial charge in [0.2, 0.25) is 11.9 Å². The van der Waals surface area contributed by atoms with Gasteiger partial charge in [0.15, 0.2) is 0 Å². The van der Waals surface area contributed by atoms with Crippen molar-refractivity contribution in [3.63, 3.8) is 0 Å². The van der Waals surface area contributed by atoms with Crippen LogP contribution in [-0.4, -0.2) is 57.2 Å². The highest BCUT2D eigenvalue weighted by Crippen LogP contribution is 2.29. The third-order valence-electron chi connectivity index (χ3n) is 6.46. The lowest BCUT2D eigenvalue weighted by molar-refractivity contribution is -0.138. The molecule has 194 valence electrons. The van der Waals surface area contributed by atoms with Gasteiger partial charge in [-0.25, -0.2) is 15.1 Å². The standard InChI is InChI=1S/C26H27F3N6O2/c1-3-5-18-8-9-20-21(14-18)23(32-33-24(20)37)17(2)6-4-7-22(36)34-10-12-35(13-11-34)25-30-15-19(16-31-25)26(27,28)29/h8-9,14-17H,4,6-7,10-13H2,1-2H3,(H,33,37). The molecule has 0 spiro atoms. The molecule has 37 heavy (non-hydrogen) atoms. The molecule has 3 heterocycles. The lowest BCUT2D eigenvalue weighted by Gasteiger charge is -2.34. The number of rotatable bonds is 6. The summed E-state index contributed by atoms with van der Waals surface area (Å²) >= 11 is 0.